The zero-order chi connectivity index (χ0) is 19.3. The van der Waals surface area contributed by atoms with Crippen molar-refractivity contribution in [2.24, 2.45) is 5.92 Å². The van der Waals surface area contributed by atoms with Gasteiger partial charge in [-0.2, -0.15) is 0 Å². The first-order valence-electron chi connectivity index (χ1n) is 8.55. The van der Waals surface area contributed by atoms with Gasteiger partial charge >= 0.3 is 5.97 Å². The lowest BCUT2D eigenvalue weighted by Gasteiger charge is -2.04. The molecule has 0 aliphatic carbocycles. The van der Waals surface area contributed by atoms with Crippen LogP contribution >= 0.6 is 0 Å². The molecule has 1 amide bonds. The van der Waals surface area contributed by atoms with Crippen LogP contribution in [0.5, 0.6) is 0 Å². The van der Waals surface area contributed by atoms with Crippen LogP contribution in [0.25, 0.3) is 6.08 Å². The number of aromatic amines is 1. The van der Waals surface area contributed by atoms with Crippen molar-refractivity contribution in [3.8, 4) is 0 Å². The van der Waals surface area contributed by atoms with Gasteiger partial charge in [0, 0.05) is 17.8 Å². The molecule has 2 N–H and O–H groups in total. The summed E-state index contributed by atoms with van der Waals surface area (Å²) >= 11 is 0. The average Bonchev–Trinajstić information content (AvgIpc) is 3.07. The third kappa shape index (κ3) is 4.02. The van der Waals surface area contributed by atoms with Gasteiger partial charge in [0.2, 0.25) is 5.91 Å². The highest BCUT2D eigenvalue weighted by molar-refractivity contribution is 5.91. The number of hydrogen-bond acceptors (Lipinski definition) is 4. The molecule has 0 spiro atoms. The molecular weight excluding hydrogens is 332 g/mol. The predicted octanol–water partition coefficient (Wildman–Crippen LogP) is 2.85. The van der Waals surface area contributed by atoms with E-state index in [-0.39, 0.29) is 30.8 Å². The summed E-state index contributed by atoms with van der Waals surface area (Å²) in [5.41, 5.74) is 4.48. The molecule has 6 nitrogen and oxygen atoms in total. The van der Waals surface area contributed by atoms with E-state index >= 15 is 0 Å². The number of carbonyl (C=O) groups excluding carboxylic acids is 3. The van der Waals surface area contributed by atoms with Gasteiger partial charge in [0.05, 0.1) is 11.6 Å². The molecule has 138 valence electrons. The van der Waals surface area contributed by atoms with Gasteiger partial charge in [-0.05, 0) is 50.0 Å². The van der Waals surface area contributed by atoms with Crippen molar-refractivity contribution in [2.75, 3.05) is 6.61 Å². The summed E-state index contributed by atoms with van der Waals surface area (Å²) in [5, 5.41) is 2.86. The maximum Gasteiger partial charge on any atom is 0.306 e. The number of aromatic nitrogens is 1. The number of H-pyrrole nitrogens is 1. The van der Waals surface area contributed by atoms with Crippen LogP contribution in [0.4, 0.5) is 0 Å². The van der Waals surface area contributed by atoms with Crippen molar-refractivity contribution in [1.82, 2.24) is 10.3 Å². The van der Waals surface area contributed by atoms with E-state index < -0.39 is 0 Å². The molecule has 2 heterocycles. The van der Waals surface area contributed by atoms with Crippen LogP contribution in [0.3, 0.4) is 0 Å². The third-order valence-corrected chi connectivity index (χ3v) is 4.54. The summed E-state index contributed by atoms with van der Waals surface area (Å²) in [6, 6.07) is 0. The summed E-state index contributed by atoms with van der Waals surface area (Å²) in [5.74, 6) is -0.587. The zero-order valence-corrected chi connectivity index (χ0v) is 15.3. The maximum atomic E-state index is 11.9. The van der Waals surface area contributed by atoms with Gasteiger partial charge in [-0.1, -0.05) is 18.7 Å². The molecule has 2 rings (SSSR count). The summed E-state index contributed by atoms with van der Waals surface area (Å²) in [4.78, 5) is 38.1. The number of aldehydes is 1. The van der Waals surface area contributed by atoms with E-state index in [1.165, 1.54) is 6.08 Å². The Hall–Kier alpha value is -2.89. The molecule has 1 unspecified atom stereocenters. The molecule has 26 heavy (non-hydrogen) atoms. The first-order chi connectivity index (χ1) is 12.4. The van der Waals surface area contributed by atoms with Crippen LogP contribution < -0.4 is 5.32 Å². The van der Waals surface area contributed by atoms with Crippen LogP contribution in [0.2, 0.25) is 0 Å². The predicted molar refractivity (Wildman–Crippen MR) is 99.4 cm³/mol. The van der Waals surface area contributed by atoms with E-state index in [0.717, 1.165) is 34.4 Å². The monoisotopic (exact) mass is 356 g/mol. The average molecular weight is 356 g/mol. The van der Waals surface area contributed by atoms with E-state index in [1.54, 1.807) is 0 Å². The van der Waals surface area contributed by atoms with Crippen molar-refractivity contribution >= 4 is 24.2 Å². The number of carbonyl (C=O) groups is 3. The third-order valence-electron chi connectivity index (χ3n) is 4.54. The van der Waals surface area contributed by atoms with Gasteiger partial charge in [-0.25, -0.2) is 0 Å². The Morgan fingerprint density at radius 1 is 1.35 bits per heavy atom. The second-order valence-electron chi connectivity index (χ2n) is 6.16. The summed E-state index contributed by atoms with van der Waals surface area (Å²) in [7, 11) is 0. The van der Waals surface area contributed by atoms with Crippen molar-refractivity contribution in [2.45, 2.75) is 33.6 Å². The van der Waals surface area contributed by atoms with Crippen molar-refractivity contribution in [3.05, 3.63) is 52.5 Å². The molecule has 1 aromatic heterocycles. The molecule has 1 atom stereocenters. The molecule has 0 aromatic carbocycles. The maximum absolute atomic E-state index is 11.9. The van der Waals surface area contributed by atoms with Gasteiger partial charge in [-0.3, -0.25) is 14.4 Å². The van der Waals surface area contributed by atoms with Gasteiger partial charge in [0.15, 0.2) is 6.29 Å². The van der Waals surface area contributed by atoms with Gasteiger partial charge in [0.1, 0.15) is 6.61 Å². The highest BCUT2D eigenvalue weighted by atomic mass is 16.5. The van der Waals surface area contributed by atoms with Gasteiger partial charge in [-0.15, -0.1) is 0 Å². The normalized spacial score (nSPS) is 19.7. The summed E-state index contributed by atoms with van der Waals surface area (Å²) in [6.45, 7) is 9.30. The quantitative estimate of drug-likeness (QED) is 0.447. The Morgan fingerprint density at radius 3 is 2.69 bits per heavy atom. The van der Waals surface area contributed by atoms with E-state index in [4.69, 9.17) is 4.74 Å². The minimum absolute atomic E-state index is 0.0469. The molecule has 0 bridgehead atoms. The van der Waals surface area contributed by atoms with Crippen LogP contribution in [-0.2, 0) is 20.7 Å². The minimum atomic E-state index is -0.338. The van der Waals surface area contributed by atoms with E-state index in [9.17, 15) is 14.4 Å². The standard InChI is InChI=1S/C20H24N2O4/c1-5-9-26-19(24)8-7-15-12(3)16(21-18(15)11-23)10-17-14(6-2)13(4)20(25)22-17/h5-6,10-11,13,21H,1,7-9H2,2-4H3,(H,22,25)/b14-6+,17-10-. The molecule has 1 saturated heterocycles. The number of rotatable bonds is 7. The summed E-state index contributed by atoms with van der Waals surface area (Å²) < 4.78 is 4.97. The molecule has 0 radical (unpaired) electrons. The van der Waals surface area contributed by atoms with Gasteiger partial charge in [0.25, 0.3) is 0 Å². The first kappa shape index (κ1) is 19.4. The van der Waals surface area contributed by atoms with Crippen LogP contribution in [0, 0.1) is 12.8 Å². The fourth-order valence-corrected chi connectivity index (χ4v) is 3.05. The second kappa shape index (κ2) is 8.47. The largest absolute Gasteiger partial charge is 0.461 e. The lowest BCUT2D eigenvalue weighted by molar-refractivity contribution is -0.142. The van der Waals surface area contributed by atoms with E-state index in [2.05, 4.69) is 16.9 Å². The van der Waals surface area contributed by atoms with Gasteiger partial charge < -0.3 is 15.0 Å². The number of amides is 1. The molecule has 1 fully saturated rings. The van der Waals surface area contributed by atoms with Crippen LogP contribution in [0.1, 0.15) is 47.6 Å². The van der Waals surface area contributed by atoms with Crippen LogP contribution in [0.15, 0.2) is 30.0 Å². The Labute approximate surface area is 153 Å². The first-order valence-corrected chi connectivity index (χ1v) is 8.55. The van der Waals surface area contributed by atoms with Crippen molar-refractivity contribution in [1.29, 1.82) is 0 Å². The molecule has 0 saturated carbocycles. The number of ether oxygens (including phenoxy) is 1. The Bertz CT molecular complexity index is 799. The number of allylic oxidation sites excluding steroid dienone is 2. The molecule has 1 aliphatic rings. The highest BCUT2D eigenvalue weighted by Gasteiger charge is 2.29. The van der Waals surface area contributed by atoms with E-state index in [1.807, 2.05) is 32.9 Å². The Balaban J connectivity index is 2.27. The molecular formula is C20H24N2O4. The molecule has 6 heteroatoms. The smallest absolute Gasteiger partial charge is 0.306 e. The fourth-order valence-electron chi connectivity index (χ4n) is 3.05. The zero-order valence-electron chi connectivity index (χ0n) is 15.3. The number of nitrogens with one attached hydrogen (secondary N) is 2. The second-order valence-corrected chi connectivity index (χ2v) is 6.16. The minimum Gasteiger partial charge on any atom is -0.461 e. The summed E-state index contributed by atoms with van der Waals surface area (Å²) in [6.07, 6.45) is 6.57. The Morgan fingerprint density at radius 2 is 2.08 bits per heavy atom. The Kier molecular flexibility index (Phi) is 6.33. The van der Waals surface area contributed by atoms with E-state index in [0.29, 0.717) is 12.1 Å². The molecule has 1 aromatic rings. The topological polar surface area (TPSA) is 88.3 Å². The fraction of sp³-hybridized carbons (Fsp3) is 0.350. The highest BCUT2D eigenvalue weighted by Crippen LogP contribution is 2.29. The van der Waals surface area contributed by atoms with Crippen LogP contribution in [-0.4, -0.2) is 29.8 Å². The molecule has 1 aliphatic heterocycles. The number of esters is 1. The lowest BCUT2D eigenvalue weighted by atomic mass is 10.0. The SMILES string of the molecule is C=CCOC(=O)CCc1c(C=O)[nH]c(/C=C2\NC(=O)C(C)\C2=C/C)c1C. The van der Waals surface area contributed by atoms with Crippen molar-refractivity contribution < 1.29 is 19.1 Å². The van der Waals surface area contributed by atoms with Crippen molar-refractivity contribution in [3.63, 3.8) is 0 Å². The lowest BCUT2D eigenvalue weighted by Crippen LogP contribution is -2.16. The number of hydrogen-bond donors (Lipinski definition) is 2.